The molecule has 0 aliphatic rings. The van der Waals surface area contributed by atoms with Crippen molar-refractivity contribution in [2.24, 2.45) is 5.92 Å². The van der Waals surface area contributed by atoms with Gasteiger partial charge in [0.15, 0.2) is 0 Å². The maximum absolute atomic E-state index is 5.52. The minimum Gasteiger partial charge on any atom is -0.373 e. The highest BCUT2D eigenvalue weighted by atomic mass is 16.5. The first kappa shape index (κ1) is 14.9. The van der Waals surface area contributed by atoms with Crippen LogP contribution in [0.15, 0.2) is 36.9 Å². The highest BCUT2D eigenvalue weighted by Crippen LogP contribution is 2.10. The lowest BCUT2D eigenvalue weighted by Gasteiger charge is -2.11. The van der Waals surface area contributed by atoms with Crippen molar-refractivity contribution in [3.63, 3.8) is 0 Å². The second kappa shape index (κ2) is 8.90. The lowest BCUT2D eigenvalue weighted by Crippen LogP contribution is -2.22. The Bertz CT molecular complexity index is 347. The van der Waals surface area contributed by atoms with Crippen LogP contribution in [0.4, 0.5) is 0 Å². The molecule has 2 heteroatoms. The second-order valence-corrected chi connectivity index (χ2v) is 4.92. The zero-order chi connectivity index (χ0) is 13.2. The van der Waals surface area contributed by atoms with E-state index in [4.69, 9.17) is 4.74 Å². The molecule has 1 rings (SSSR count). The third-order valence-electron chi connectivity index (χ3n) is 2.74. The second-order valence-electron chi connectivity index (χ2n) is 4.92. The van der Waals surface area contributed by atoms with E-state index in [-0.39, 0.29) is 0 Å². The summed E-state index contributed by atoms with van der Waals surface area (Å²) in [6.07, 6.45) is 2.84. The Morgan fingerprint density at radius 2 is 2.00 bits per heavy atom. The van der Waals surface area contributed by atoms with Crippen LogP contribution in [0.3, 0.4) is 0 Å². The summed E-state index contributed by atoms with van der Waals surface area (Å²) in [7, 11) is 0. The van der Waals surface area contributed by atoms with Crippen molar-refractivity contribution in [3.8, 4) is 0 Å². The molecular formula is C16H25NO. The van der Waals surface area contributed by atoms with Gasteiger partial charge < -0.3 is 10.1 Å². The Balaban J connectivity index is 2.40. The molecule has 18 heavy (non-hydrogen) atoms. The molecule has 1 aromatic rings. The molecule has 0 saturated carbocycles. The van der Waals surface area contributed by atoms with E-state index in [9.17, 15) is 0 Å². The summed E-state index contributed by atoms with van der Waals surface area (Å²) in [6.45, 7) is 11.5. The van der Waals surface area contributed by atoms with Crippen molar-refractivity contribution in [2.45, 2.75) is 26.9 Å². The third-order valence-corrected chi connectivity index (χ3v) is 2.74. The van der Waals surface area contributed by atoms with Gasteiger partial charge in [-0.05, 0) is 36.6 Å². The van der Waals surface area contributed by atoms with E-state index >= 15 is 0 Å². The van der Waals surface area contributed by atoms with Crippen LogP contribution in [-0.4, -0.2) is 19.7 Å². The van der Waals surface area contributed by atoms with Crippen molar-refractivity contribution in [3.05, 3.63) is 48.0 Å². The number of nitrogens with one attached hydrogen (secondary N) is 1. The molecule has 0 aliphatic heterocycles. The molecule has 0 aromatic heterocycles. The maximum Gasteiger partial charge on any atom is 0.0723 e. The van der Waals surface area contributed by atoms with E-state index in [0.29, 0.717) is 19.1 Å². The van der Waals surface area contributed by atoms with Crippen LogP contribution in [0.2, 0.25) is 0 Å². The largest absolute Gasteiger partial charge is 0.373 e. The minimum atomic E-state index is 0.611. The van der Waals surface area contributed by atoms with Crippen molar-refractivity contribution in [1.29, 1.82) is 0 Å². The van der Waals surface area contributed by atoms with Crippen LogP contribution in [0.25, 0.3) is 0 Å². The van der Waals surface area contributed by atoms with Crippen molar-refractivity contribution >= 4 is 0 Å². The van der Waals surface area contributed by atoms with Gasteiger partial charge in [0.1, 0.15) is 0 Å². The molecule has 0 bridgehead atoms. The van der Waals surface area contributed by atoms with E-state index in [1.165, 1.54) is 11.1 Å². The van der Waals surface area contributed by atoms with Gasteiger partial charge in [0.05, 0.1) is 13.2 Å². The predicted octanol–water partition coefficient (Wildman–Crippen LogP) is 3.18. The Morgan fingerprint density at radius 3 is 2.67 bits per heavy atom. The van der Waals surface area contributed by atoms with Gasteiger partial charge in [-0.1, -0.05) is 44.2 Å². The Hall–Kier alpha value is -1.12. The van der Waals surface area contributed by atoms with E-state index in [1.54, 1.807) is 6.08 Å². The number of benzene rings is 1. The standard InChI is InChI=1S/C16H25NO/c1-4-11-18-13-16-8-6-5-7-15(16)9-10-17-12-14(2)3/h4-8,14,17H,1,9-13H2,2-3H3. The quantitative estimate of drug-likeness (QED) is 0.534. The van der Waals surface area contributed by atoms with Gasteiger partial charge in [-0.2, -0.15) is 0 Å². The average Bonchev–Trinajstić information content (AvgIpc) is 2.36. The topological polar surface area (TPSA) is 21.3 Å². The van der Waals surface area contributed by atoms with Crippen LogP contribution in [-0.2, 0) is 17.8 Å². The number of rotatable bonds is 9. The first-order chi connectivity index (χ1) is 8.74. The summed E-state index contributed by atoms with van der Waals surface area (Å²) in [5.74, 6) is 0.705. The summed E-state index contributed by atoms with van der Waals surface area (Å²) in [6, 6.07) is 8.48. The highest BCUT2D eigenvalue weighted by Gasteiger charge is 2.01. The molecule has 100 valence electrons. The van der Waals surface area contributed by atoms with Crippen LogP contribution >= 0.6 is 0 Å². The van der Waals surface area contributed by atoms with Crippen LogP contribution in [0.5, 0.6) is 0 Å². The van der Waals surface area contributed by atoms with Gasteiger partial charge in [-0.25, -0.2) is 0 Å². The average molecular weight is 247 g/mol. The normalized spacial score (nSPS) is 10.8. The lowest BCUT2D eigenvalue weighted by atomic mass is 10.1. The van der Waals surface area contributed by atoms with Crippen molar-refractivity contribution < 1.29 is 4.74 Å². The monoisotopic (exact) mass is 247 g/mol. The molecule has 1 N–H and O–H groups in total. The number of ether oxygens (including phenoxy) is 1. The maximum atomic E-state index is 5.52. The van der Waals surface area contributed by atoms with Gasteiger partial charge in [0.2, 0.25) is 0 Å². The molecule has 0 fully saturated rings. The first-order valence-electron chi connectivity index (χ1n) is 6.70. The first-order valence-corrected chi connectivity index (χ1v) is 6.70. The fraction of sp³-hybridized carbons (Fsp3) is 0.500. The van der Waals surface area contributed by atoms with Gasteiger partial charge in [0.25, 0.3) is 0 Å². The fourth-order valence-corrected chi connectivity index (χ4v) is 1.81. The molecule has 0 heterocycles. The zero-order valence-electron chi connectivity index (χ0n) is 11.6. The smallest absolute Gasteiger partial charge is 0.0723 e. The zero-order valence-corrected chi connectivity index (χ0v) is 11.6. The Morgan fingerprint density at radius 1 is 1.28 bits per heavy atom. The van der Waals surface area contributed by atoms with Gasteiger partial charge in [-0.3, -0.25) is 0 Å². The van der Waals surface area contributed by atoms with Crippen LogP contribution in [0, 0.1) is 5.92 Å². The molecule has 0 atom stereocenters. The molecule has 1 aromatic carbocycles. The van der Waals surface area contributed by atoms with E-state index in [2.05, 4.69) is 50.0 Å². The summed E-state index contributed by atoms with van der Waals surface area (Å²) >= 11 is 0. The predicted molar refractivity (Wildman–Crippen MR) is 77.7 cm³/mol. The summed E-state index contributed by atoms with van der Waals surface area (Å²) in [4.78, 5) is 0. The van der Waals surface area contributed by atoms with E-state index < -0.39 is 0 Å². The van der Waals surface area contributed by atoms with Crippen molar-refractivity contribution in [2.75, 3.05) is 19.7 Å². The van der Waals surface area contributed by atoms with Crippen LogP contribution in [0.1, 0.15) is 25.0 Å². The third kappa shape index (κ3) is 5.99. The minimum absolute atomic E-state index is 0.611. The molecule has 0 aliphatic carbocycles. The van der Waals surface area contributed by atoms with Gasteiger partial charge in [0, 0.05) is 0 Å². The molecule has 0 amide bonds. The van der Waals surface area contributed by atoms with E-state index in [1.807, 2.05) is 0 Å². The van der Waals surface area contributed by atoms with Gasteiger partial charge in [-0.15, -0.1) is 6.58 Å². The molecule has 0 saturated heterocycles. The molecule has 0 radical (unpaired) electrons. The number of hydrogen-bond acceptors (Lipinski definition) is 2. The Kier molecular flexibility index (Phi) is 7.38. The molecular weight excluding hydrogens is 222 g/mol. The molecule has 0 spiro atoms. The molecule has 2 nitrogen and oxygen atoms in total. The van der Waals surface area contributed by atoms with Crippen LogP contribution < -0.4 is 5.32 Å². The lowest BCUT2D eigenvalue weighted by molar-refractivity contribution is 0.148. The molecule has 0 unspecified atom stereocenters. The summed E-state index contributed by atoms with van der Waals surface area (Å²) < 4.78 is 5.52. The van der Waals surface area contributed by atoms with Gasteiger partial charge >= 0.3 is 0 Å². The highest BCUT2D eigenvalue weighted by molar-refractivity contribution is 5.26. The summed E-state index contributed by atoms with van der Waals surface area (Å²) in [5.41, 5.74) is 2.66. The Labute approximate surface area is 111 Å². The number of hydrogen-bond donors (Lipinski definition) is 1. The summed E-state index contributed by atoms with van der Waals surface area (Å²) in [5, 5.41) is 3.47. The fourth-order valence-electron chi connectivity index (χ4n) is 1.81. The van der Waals surface area contributed by atoms with Crippen molar-refractivity contribution in [1.82, 2.24) is 5.32 Å². The van der Waals surface area contributed by atoms with E-state index in [0.717, 1.165) is 19.5 Å². The SMILES string of the molecule is C=CCOCc1ccccc1CCNCC(C)C.